The minimum Gasteiger partial charge on any atom is -0.291 e. The first kappa shape index (κ1) is 3.18. The predicted molar refractivity (Wildman–Crippen MR) is 24.0 cm³/mol. The molecule has 1 unspecified atom stereocenters. The Hall–Kier alpha value is -0.860. The molecule has 2 aliphatic heterocycles. The van der Waals surface area contributed by atoms with Gasteiger partial charge in [0.1, 0.15) is 6.04 Å². The molecule has 1 atom stereocenters. The molecule has 36 valence electrons. The first-order valence-corrected chi connectivity index (χ1v) is 2.22. The highest BCUT2D eigenvalue weighted by molar-refractivity contribution is 6.32. The molecule has 1 saturated heterocycles. The SMILES string of the molecule is O=C1C=NN2CC12. The molecule has 0 spiro atoms. The number of hydrogen-bond acceptors (Lipinski definition) is 3. The van der Waals surface area contributed by atoms with Crippen molar-refractivity contribution in [3.63, 3.8) is 0 Å². The van der Waals surface area contributed by atoms with Crippen LogP contribution in [-0.4, -0.2) is 29.6 Å². The van der Waals surface area contributed by atoms with Crippen LogP contribution in [0.25, 0.3) is 0 Å². The van der Waals surface area contributed by atoms with Crippen molar-refractivity contribution in [1.29, 1.82) is 0 Å². The maximum atomic E-state index is 10.4. The van der Waals surface area contributed by atoms with Gasteiger partial charge in [-0.25, -0.2) is 0 Å². The van der Waals surface area contributed by atoms with E-state index >= 15 is 0 Å². The van der Waals surface area contributed by atoms with Crippen molar-refractivity contribution >= 4 is 12.0 Å². The average molecular weight is 96.1 g/mol. The van der Waals surface area contributed by atoms with E-state index in [0.29, 0.717) is 0 Å². The Morgan fingerprint density at radius 3 is 3.00 bits per heavy atom. The molecule has 3 nitrogen and oxygen atoms in total. The molecule has 3 heteroatoms. The van der Waals surface area contributed by atoms with Crippen LogP contribution in [0.2, 0.25) is 0 Å². The van der Waals surface area contributed by atoms with E-state index in [1.165, 1.54) is 6.21 Å². The monoisotopic (exact) mass is 96.0 g/mol. The van der Waals surface area contributed by atoms with E-state index in [1.54, 1.807) is 5.01 Å². The first-order chi connectivity index (χ1) is 3.38. The van der Waals surface area contributed by atoms with Gasteiger partial charge in [0, 0.05) is 0 Å². The second-order valence-corrected chi connectivity index (χ2v) is 1.78. The number of ketones is 1. The van der Waals surface area contributed by atoms with Crippen molar-refractivity contribution in [2.24, 2.45) is 5.10 Å². The summed E-state index contributed by atoms with van der Waals surface area (Å²) < 4.78 is 0. The smallest absolute Gasteiger partial charge is 0.201 e. The van der Waals surface area contributed by atoms with Gasteiger partial charge in [0.2, 0.25) is 5.78 Å². The zero-order valence-corrected chi connectivity index (χ0v) is 3.66. The van der Waals surface area contributed by atoms with E-state index in [9.17, 15) is 4.79 Å². The summed E-state index contributed by atoms with van der Waals surface area (Å²) in [5, 5.41) is 5.52. The highest BCUT2D eigenvalue weighted by Gasteiger charge is 2.42. The van der Waals surface area contributed by atoms with Crippen molar-refractivity contribution in [1.82, 2.24) is 5.01 Å². The van der Waals surface area contributed by atoms with Gasteiger partial charge in [-0.2, -0.15) is 5.10 Å². The van der Waals surface area contributed by atoms with Crippen molar-refractivity contribution in [3.05, 3.63) is 0 Å². The molecule has 0 N–H and O–H groups in total. The first-order valence-electron chi connectivity index (χ1n) is 2.22. The summed E-state index contributed by atoms with van der Waals surface area (Å²) >= 11 is 0. The molecule has 2 aliphatic rings. The van der Waals surface area contributed by atoms with E-state index in [2.05, 4.69) is 5.10 Å². The van der Waals surface area contributed by atoms with Crippen molar-refractivity contribution in [2.45, 2.75) is 6.04 Å². The molecule has 0 saturated carbocycles. The zero-order valence-electron chi connectivity index (χ0n) is 3.66. The van der Waals surface area contributed by atoms with Gasteiger partial charge in [0.15, 0.2) is 0 Å². The van der Waals surface area contributed by atoms with E-state index in [-0.39, 0.29) is 11.8 Å². The van der Waals surface area contributed by atoms with Crippen molar-refractivity contribution in [3.8, 4) is 0 Å². The lowest BCUT2D eigenvalue weighted by molar-refractivity contribution is -0.112. The molecule has 1 fully saturated rings. The van der Waals surface area contributed by atoms with E-state index < -0.39 is 0 Å². The molecule has 0 aliphatic carbocycles. The third-order valence-corrected chi connectivity index (χ3v) is 1.25. The maximum absolute atomic E-state index is 10.4. The Labute approximate surface area is 40.6 Å². The molecule has 0 aromatic rings. The van der Waals surface area contributed by atoms with Crippen molar-refractivity contribution < 1.29 is 4.79 Å². The fourth-order valence-corrected chi connectivity index (χ4v) is 0.712. The van der Waals surface area contributed by atoms with Gasteiger partial charge < -0.3 is 0 Å². The van der Waals surface area contributed by atoms with E-state index in [0.717, 1.165) is 6.54 Å². The second kappa shape index (κ2) is 0.710. The van der Waals surface area contributed by atoms with Gasteiger partial charge in [-0.15, -0.1) is 0 Å². The molecule has 2 rings (SSSR count). The number of carbonyl (C=O) groups excluding carboxylic acids is 1. The second-order valence-electron chi connectivity index (χ2n) is 1.78. The molecular weight excluding hydrogens is 92.1 g/mol. The fourth-order valence-electron chi connectivity index (χ4n) is 0.712. The summed E-state index contributed by atoms with van der Waals surface area (Å²) in [7, 11) is 0. The van der Waals surface area contributed by atoms with Crippen LogP contribution in [0, 0.1) is 0 Å². The van der Waals surface area contributed by atoms with Crippen LogP contribution in [0.1, 0.15) is 0 Å². The topological polar surface area (TPSA) is 32.4 Å². The Morgan fingerprint density at radius 2 is 2.86 bits per heavy atom. The number of rotatable bonds is 0. The van der Waals surface area contributed by atoms with Gasteiger partial charge in [-0.05, 0) is 0 Å². The third kappa shape index (κ3) is 0.253. The minimum absolute atomic E-state index is 0.153. The van der Waals surface area contributed by atoms with Crippen LogP contribution in [0.3, 0.4) is 0 Å². The zero-order chi connectivity index (χ0) is 4.85. The highest BCUT2D eigenvalue weighted by Crippen LogP contribution is 2.21. The summed E-state index contributed by atoms with van der Waals surface area (Å²) in [4.78, 5) is 10.4. The van der Waals surface area contributed by atoms with Crippen LogP contribution in [0.15, 0.2) is 5.10 Å². The lowest BCUT2D eigenvalue weighted by atomic mass is 10.3. The largest absolute Gasteiger partial charge is 0.291 e. The van der Waals surface area contributed by atoms with Crippen LogP contribution in [0.4, 0.5) is 0 Å². The number of nitrogens with zero attached hydrogens (tertiary/aromatic N) is 2. The van der Waals surface area contributed by atoms with Crippen molar-refractivity contribution in [2.75, 3.05) is 6.54 Å². The van der Waals surface area contributed by atoms with Crippen LogP contribution in [0.5, 0.6) is 0 Å². The predicted octanol–water partition coefficient (Wildman–Crippen LogP) is -0.761. The Morgan fingerprint density at radius 1 is 2.00 bits per heavy atom. The van der Waals surface area contributed by atoms with E-state index in [1.807, 2.05) is 0 Å². The summed E-state index contributed by atoms with van der Waals surface area (Å²) in [5.74, 6) is 0.167. The molecule has 0 radical (unpaired) electrons. The summed E-state index contributed by atoms with van der Waals surface area (Å²) in [6, 6.07) is 0.153. The van der Waals surface area contributed by atoms with Crippen LogP contribution in [-0.2, 0) is 4.79 Å². The number of Topliss-reactive ketones (excluding diaryl/α,β-unsaturated/α-hetero) is 1. The van der Waals surface area contributed by atoms with Gasteiger partial charge in [-0.1, -0.05) is 0 Å². The normalized spacial score (nSPS) is 34.0. The highest BCUT2D eigenvalue weighted by atomic mass is 16.1. The van der Waals surface area contributed by atoms with Gasteiger partial charge in [0.25, 0.3) is 0 Å². The minimum atomic E-state index is 0.153. The van der Waals surface area contributed by atoms with Gasteiger partial charge in [-0.3, -0.25) is 9.80 Å². The Balaban J connectivity index is 2.37. The lowest BCUT2D eigenvalue weighted by Gasteiger charge is -1.76. The summed E-state index contributed by atoms with van der Waals surface area (Å²) in [5.41, 5.74) is 0. The third-order valence-electron chi connectivity index (χ3n) is 1.25. The molecule has 0 aromatic carbocycles. The van der Waals surface area contributed by atoms with Gasteiger partial charge >= 0.3 is 0 Å². The fraction of sp³-hybridized carbons (Fsp3) is 0.500. The maximum Gasteiger partial charge on any atom is 0.201 e. The Kier molecular flexibility index (Phi) is 0.323. The number of fused-ring (bicyclic) bond motifs is 1. The Bertz CT molecular complexity index is 152. The number of carbonyl (C=O) groups is 1. The quantitative estimate of drug-likeness (QED) is 0.371. The average Bonchev–Trinajstić information content (AvgIpc) is 2.33. The molecule has 2 heterocycles. The lowest BCUT2D eigenvalue weighted by Crippen LogP contribution is -2.03. The van der Waals surface area contributed by atoms with Crippen LogP contribution < -0.4 is 0 Å². The van der Waals surface area contributed by atoms with Gasteiger partial charge in [0.05, 0.1) is 12.8 Å². The summed E-state index contributed by atoms with van der Waals surface area (Å²) in [6.45, 7) is 0.856. The van der Waals surface area contributed by atoms with Crippen LogP contribution >= 0.6 is 0 Å². The number of hydrazone groups is 1. The molecule has 7 heavy (non-hydrogen) atoms. The van der Waals surface area contributed by atoms with E-state index in [4.69, 9.17) is 0 Å². The molecular formula is C4H4N2O. The molecule has 0 bridgehead atoms. The summed E-state index contributed by atoms with van der Waals surface area (Å²) in [6.07, 6.45) is 1.38. The molecule has 0 aromatic heterocycles. The number of hydrogen-bond donors (Lipinski definition) is 0. The standard InChI is InChI=1S/C4H4N2O/c7-4-1-5-6-2-3(4)6/h1,3H,2H2. The molecule has 0 amide bonds.